The molecule has 0 aromatic heterocycles. The lowest BCUT2D eigenvalue weighted by Crippen LogP contribution is -2.03. The van der Waals surface area contributed by atoms with E-state index in [0.29, 0.717) is 26.1 Å². The second kappa shape index (κ2) is 15.4. The van der Waals surface area contributed by atoms with Crippen LogP contribution in [0.4, 0.5) is 0 Å². The zero-order valence-corrected chi connectivity index (χ0v) is 21.1. The van der Waals surface area contributed by atoms with Crippen molar-refractivity contribution >= 4 is 0 Å². The fourth-order valence-electron chi connectivity index (χ4n) is 3.76. The average molecular weight is 467 g/mol. The quantitative estimate of drug-likeness (QED) is 0.199. The minimum Gasteiger partial charge on any atom is -0.493 e. The van der Waals surface area contributed by atoms with Gasteiger partial charge in [-0.25, -0.2) is 0 Å². The Labute approximate surface area is 205 Å². The topological polar surface area (TPSA) is 58.9 Å². The normalized spacial score (nSPS) is 10.8. The summed E-state index contributed by atoms with van der Waals surface area (Å²) in [5.41, 5.74) is 6.37. The maximum atomic E-state index is 9.17. The van der Waals surface area contributed by atoms with E-state index in [4.69, 9.17) is 9.47 Å². The number of ether oxygens (including phenoxy) is 2. The van der Waals surface area contributed by atoms with Gasteiger partial charge in [0.1, 0.15) is 11.5 Å². The van der Waals surface area contributed by atoms with E-state index in [0.717, 1.165) is 40.2 Å². The summed E-state index contributed by atoms with van der Waals surface area (Å²) in [5.74, 6) is 1.44. The van der Waals surface area contributed by atoms with Crippen molar-refractivity contribution in [2.24, 2.45) is 0 Å². The first-order valence-corrected chi connectivity index (χ1v) is 12.5. The molecule has 2 rings (SSSR count). The van der Waals surface area contributed by atoms with E-state index in [1.807, 2.05) is 18.2 Å². The molecular formula is C30H42O4. The zero-order chi connectivity index (χ0) is 24.8. The van der Waals surface area contributed by atoms with E-state index in [1.165, 1.54) is 43.2 Å². The molecular weight excluding hydrogens is 424 g/mol. The Morgan fingerprint density at radius 1 is 0.765 bits per heavy atom. The predicted molar refractivity (Wildman–Crippen MR) is 142 cm³/mol. The summed E-state index contributed by atoms with van der Waals surface area (Å²) in [7, 11) is 0. The molecule has 0 saturated heterocycles. The Hall–Kier alpha value is -2.56. The summed E-state index contributed by atoms with van der Waals surface area (Å²) in [6.45, 7) is 12.9. The number of hydrogen-bond acceptors (Lipinski definition) is 4. The average Bonchev–Trinajstić information content (AvgIpc) is 2.84. The molecule has 0 aliphatic heterocycles. The molecule has 2 aromatic carbocycles. The SMILES string of the molecule is C=C(CO)CCOc1cc(OCCC(=C)CO)cc(-c2ccc(CCCCCCC)c(C)c2)c1. The third-order valence-electron chi connectivity index (χ3n) is 6.00. The maximum Gasteiger partial charge on any atom is 0.123 e. The number of aryl methyl sites for hydroxylation is 2. The van der Waals surface area contributed by atoms with Crippen molar-refractivity contribution in [3.63, 3.8) is 0 Å². The van der Waals surface area contributed by atoms with Crippen LogP contribution in [-0.4, -0.2) is 36.6 Å². The van der Waals surface area contributed by atoms with E-state index in [9.17, 15) is 10.2 Å². The molecule has 0 bridgehead atoms. The molecule has 0 unspecified atom stereocenters. The van der Waals surface area contributed by atoms with Gasteiger partial charge in [0.05, 0.1) is 26.4 Å². The second-order valence-corrected chi connectivity index (χ2v) is 9.01. The van der Waals surface area contributed by atoms with Crippen LogP contribution in [0.5, 0.6) is 11.5 Å². The molecule has 4 heteroatoms. The maximum absolute atomic E-state index is 9.17. The number of aliphatic hydroxyl groups is 2. The molecule has 0 amide bonds. The van der Waals surface area contributed by atoms with Gasteiger partial charge in [-0.2, -0.15) is 0 Å². The fraction of sp³-hybridized carbons (Fsp3) is 0.467. The zero-order valence-electron chi connectivity index (χ0n) is 21.1. The van der Waals surface area contributed by atoms with Crippen molar-refractivity contribution in [3.8, 4) is 22.6 Å². The monoisotopic (exact) mass is 466 g/mol. The van der Waals surface area contributed by atoms with Crippen LogP contribution < -0.4 is 9.47 Å². The molecule has 0 saturated carbocycles. The van der Waals surface area contributed by atoms with E-state index in [2.05, 4.69) is 45.2 Å². The molecule has 2 aromatic rings. The number of benzene rings is 2. The number of unbranched alkanes of at least 4 members (excludes halogenated alkanes) is 4. The van der Waals surface area contributed by atoms with Crippen LogP contribution in [0.1, 0.15) is 63.0 Å². The van der Waals surface area contributed by atoms with Crippen LogP contribution >= 0.6 is 0 Å². The van der Waals surface area contributed by atoms with Crippen molar-refractivity contribution in [1.82, 2.24) is 0 Å². The van der Waals surface area contributed by atoms with Gasteiger partial charge in [0, 0.05) is 18.9 Å². The molecule has 0 aliphatic carbocycles. The van der Waals surface area contributed by atoms with Crippen LogP contribution in [-0.2, 0) is 6.42 Å². The molecule has 34 heavy (non-hydrogen) atoms. The van der Waals surface area contributed by atoms with Gasteiger partial charge in [-0.3, -0.25) is 0 Å². The number of aliphatic hydroxyl groups excluding tert-OH is 2. The Bertz CT molecular complexity index is 876. The lowest BCUT2D eigenvalue weighted by Gasteiger charge is -2.14. The van der Waals surface area contributed by atoms with E-state index in [1.54, 1.807) is 0 Å². The molecule has 186 valence electrons. The van der Waals surface area contributed by atoms with Crippen molar-refractivity contribution < 1.29 is 19.7 Å². The van der Waals surface area contributed by atoms with Crippen molar-refractivity contribution in [2.75, 3.05) is 26.4 Å². The van der Waals surface area contributed by atoms with Gasteiger partial charge < -0.3 is 19.7 Å². The fourth-order valence-corrected chi connectivity index (χ4v) is 3.76. The lowest BCUT2D eigenvalue weighted by atomic mass is 9.96. The minimum atomic E-state index is -0.0310. The van der Waals surface area contributed by atoms with E-state index >= 15 is 0 Å². The summed E-state index contributed by atoms with van der Waals surface area (Å²) in [4.78, 5) is 0. The first-order chi connectivity index (χ1) is 16.5. The Kier molecular flexibility index (Phi) is 12.5. The Morgan fingerprint density at radius 3 is 1.88 bits per heavy atom. The van der Waals surface area contributed by atoms with Crippen LogP contribution in [0.3, 0.4) is 0 Å². The van der Waals surface area contributed by atoms with Crippen molar-refractivity contribution in [3.05, 3.63) is 71.8 Å². The van der Waals surface area contributed by atoms with Crippen molar-refractivity contribution in [1.29, 1.82) is 0 Å². The highest BCUT2D eigenvalue weighted by molar-refractivity contribution is 5.68. The molecule has 0 aliphatic rings. The summed E-state index contributed by atoms with van der Waals surface area (Å²) in [5, 5.41) is 18.3. The van der Waals surface area contributed by atoms with Gasteiger partial charge in [-0.1, -0.05) is 64.0 Å². The van der Waals surface area contributed by atoms with Crippen molar-refractivity contribution in [2.45, 2.75) is 65.2 Å². The van der Waals surface area contributed by atoms with Gasteiger partial charge in [-0.05, 0) is 65.3 Å². The number of rotatable bonds is 17. The Morgan fingerprint density at radius 2 is 1.35 bits per heavy atom. The van der Waals surface area contributed by atoms with E-state index < -0.39 is 0 Å². The first-order valence-electron chi connectivity index (χ1n) is 12.5. The molecule has 0 fully saturated rings. The summed E-state index contributed by atoms with van der Waals surface area (Å²) >= 11 is 0. The van der Waals surface area contributed by atoms with Gasteiger partial charge in [0.15, 0.2) is 0 Å². The molecule has 2 N–H and O–H groups in total. The predicted octanol–water partition coefficient (Wildman–Crippen LogP) is 6.81. The van der Waals surface area contributed by atoms with Crippen LogP contribution in [0.2, 0.25) is 0 Å². The highest BCUT2D eigenvalue weighted by atomic mass is 16.5. The standard InChI is InChI=1S/C30H42O4/c1-5-6-7-8-9-10-26-11-12-27(17-25(26)4)28-18-29(33-15-13-23(2)21-31)20-30(19-28)34-16-14-24(3)22-32/h11-12,17-20,31-32H,2-3,5-10,13-16,21-22H2,1,4H3. The Balaban J connectivity index is 2.15. The highest BCUT2D eigenvalue weighted by Crippen LogP contribution is 2.32. The summed E-state index contributed by atoms with van der Waals surface area (Å²) < 4.78 is 11.9. The van der Waals surface area contributed by atoms with Gasteiger partial charge in [0.25, 0.3) is 0 Å². The first kappa shape index (κ1) is 27.7. The van der Waals surface area contributed by atoms with Crippen LogP contribution in [0.15, 0.2) is 60.7 Å². The molecule has 0 atom stereocenters. The van der Waals surface area contributed by atoms with Crippen LogP contribution in [0.25, 0.3) is 11.1 Å². The van der Waals surface area contributed by atoms with Gasteiger partial charge >= 0.3 is 0 Å². The smallest absolute Gasteiger partial charge is 0.123 e. The minimum absolute atomic E-state index is 0.0310. The molecule has 4 nitrogen and oxygen atoms in total. The van der Waals surface area contributed by atoms with E-state index in [-0.39, 0.29) is 13.2 Å². The third-order valence-corrected chi connectivity index (χ3v) is 6.00. The lowest BCUT2D eigenvalue weighted by molar-refractivity contribution is 0.285. The van der Waals surface area contributed by atoms with Crippen LogP contribution in [0, 0.1) is 6.92 Å². The molecule has 0 radical (unpaired) electrons. The molecule has 0 heterocycles. The summed E-state index contributed by atoms with van der Waals surface area (Å²) in [6.07, 6.45) is 8.76. The third kappa shape index (κ3) is 9.74. The largest absolute Gasteiger partial charge is 0.493 e. The molecule has 0 spiro atoms. The second-order valence-electron chi connectivity index (χ2n) is 9.01. The van der Waals surface area contributed by atoms with Gasteiger partial charge in [0.2, 0.25) is 0 Å². The van der Waals surface area contributed by atoms with Gasteiger partial charge in [-0.15, -0.1) is 0 Å². The number of hydrogen-bond donors (Lipinski definition) is 2. The highest BCUT2D eigenvalue weighted by Gasteiger charge is 2.09. The summed E-state index contributed by atoms with van der Waals surface area (Å²) in [6, 6.07) is 12.6.